The third-order valence-corrected chi connectivity index (χ3v) is 2.57. The Morgan fingerprint density at radius 1 is 1.11 bits per heavy atom. The summed E-state index contributed by atoms with van der Waals surface area (Å²) in [4.78, 5) is 10.8. The fourth-order valence-electron chi connectivity index (χ4n) is 1.74. The van der Waals surface area contributed by atoms with Crippen LogP contribution in [-0.4, -0.2) is 18.2 Å². The largest absolute Gasteiger partial charge is 0.496 e. The number of rotatable bonds is 5. The number of ether oxygens (including phenoxy) is 2. The highest BCUT2D eigenvalue weighted by Crippen LogP contribution is 2.27. The Labute approximate surface area is 111 Å². The van der Waals surface area contributed by atoms with E-state index in [2.05, 4.69) is 0 Å². The molecule has 2 rings (SSSR count). The molecule has 0 saturated carbocycles. The average molecular weight is 258 g/mol. The van der Waals surface area contributed by atoms with Crippen molar-refractivity contribution in [2.75, 3.05) is 7.11 Å². The summed E-state index contributed by atoms with van der Waals surface area (Å²) in [6.07, 6.45) is -0.102. The Bertz CT molecular complexity index is 564. The fraction of sp³-hybridized carbons (Fsp3) is 0.133. The van der Waals surface area contributed by atoms with Crippen molar-refractivity contribution < 1.29 is 19.4 Å². The molecule has 0 radical (unpaired) electrons. The van der Waals surface area contributed by atoms with Crippen LogP contribution >= 0.6 is 0 Å². The Morgan fingerprint density at radius 3 is 2.47 bits per heavy atom. The van der Waals surface area contributed by atoms with Gasteiger partial charge in [0.15, 0.2) is 0 Å². The van der Waals surface area contributed by atoms with Gasteiger partial charge in [-0.15, -0.1) is 0 Å². The topological polar surface area (TPSA) is 55.8 Å². The minimum atomic E-state index is -0.907. The van der Waals surface area contributed by atoms with Crippen molar-refractivity contribution in [3.05, 3.63) is 54.1 Å². The maximum absolute atomic E-state index is 10.8. The van der Waals surface area contributed by atoms with Gasteiger partial charge in [0.2, 0.25) is 0 Å². The third-order valence-electron chi connectivity index (χ3n) is 2.57. The van der Waals surface area contributed by atoms with E-state index >= 15 is 0 Å². The van der Waals surface area contributed by atoms with Crippen molar-refractivity contribution in [2.24, 2.45) is 0 Å². The number of carboxylic acid groups (broad SMARTS) is 1. The molecule has 1 N–H and O–H groups in total. The Morgan fingerprint density at radius 2 is 1.84 bits per heavy atom. The standard InChI is InChI=1S/C15H14O4/c1-18-14-8-7-13(9-11(14)10-15(16)17)19-12-5-3-2-4-6-12/h2-9H,10H2,1H3,(H,16,17). The monoisotopic (exact) mass is 258 g/mol. The smallest absolute Gasteiger partial charge is 0.307 e. The first-order valence-corrected chi connectivity index (χ1v) is 5.80. The van der Waals surface area contributed by atoms with Gasteiger partial charge in [0.1, 0.15) is 17.2 Å². The molecule has 4 nitrogen and oxygen atoms in total. The van der Waals surface area contributed by atoms with Crippen molar-refractivity contribution in [1.82, 2.24) is 0 Å². The maximum atomic E-state index is 10.8. The Kier molecular flexibility index (Phi) is 4.03. The quantitative estimate of drug-likeness (QED) is 0.895. The first-order valence-electron chi connectivity index (χ1n) is 5.80. The SMILES string of the molecule is COc1ccc(Oc2ccccc2)cc1CC(=O)O. The first kappa shape index (κ1) is 13.0. The van der Waals surface area contributed by atoms with Gasteiger partial charge in [0, 0.05) is 5.56 Å². The van der Waals surface area contributed by atoms with Crippen LogP contribution in [0.1, 0.15) is 5.56 Å². The molecule has 0 aliphatic heterocycles. The van der Waals surface area contributed by atoms with Crippen molar-refractivity contribution in [1.29, 1.82) is 0 Å². The molecule has 0 fully saturated rings. The molecule has 0 spiro atoms. The lowest BCUT2D eigenvalue weighted by Crippen LogP contribution is -2.02. The van der Waals surface area contributed by atoms with Crippen molar-refractivity contribution in [3.63, 3.8) is 0 Å². The zero-order chi connectivity index (χ0) is 13.7. The lowest BCUT2D eigenvalue weighted by molar-refractivity contribution is -0.136. The molecular formula is C15H14O4. The molecule has 0 aliphatic carbocycles. The highest BCUT2D eigenvalue weighted by molar-refractivity contribution is 5.71. The summed E-state index contributed by atoms with van der Waals surface area (Å²) in [5, 5.41) is 8.87. The van der Waals surface area contributed by atoms with Gasteiger partial charge in [-0.2, -0.15) is 0 Å². The molecule has 4 heteroatoms. The molecule has 19 heavy (non-hydrogen) atoms. The Balaban J connectivity index is 2.25. The fourth-order valence-corrected chi connectivity index (χ4v) is 1.74. The van der Waals surface area contributed by atoms with E-state index in [1.165, 1.54) is 7.11 Å². The predicted octanol–water partition coefficient (Wildman–Crippen LogP) is 3.11. The molecular weight excluding hydrogens is 244 g/mol. The van der Waals surface area contributed by atoms with Crippen molar-refractivity contribution in [2.45, 2.75) is 6.42 Å². The molecule has 2 aromatic rings. The number of carboxylic acids is 1. The third kappa shape index (κ3) is 3.48. The summed E-state index contributed by atoms with van der Waals surface area (Å²) < 4.78 is 10.8. The van der Waals surface area contributed by atoms with Crippen LogP contribution in [0.5, 0.6) is 17.2 Å². The van der Waals surface area contributed by atoms with Gasteiger partial charge >= 0.3 is 5.97 Å². The second kappa shape index (κ2) is 5.91. The average Bonchev–Trinajstić information content (AvgIpc) is 2.39. The molecule has 0 aliphatic rings. The van der Waals surface area contributed by atoms with Crippen LogP contribution in [0.25, 0.3) is 0 Å². The summed E-state index contributed by atoms with van der Waals surface area (Å²) in [7, 11) is 1.51. The molecule has 0 amide bonds. The molecule has 0 saturated heterocycles. The van der Waals surface area contributed by atoms with E-state index < -0.39 is 5.97 Å². The van der Waals surface area contributed by atoms with Crippen LogP contribution in [0.2, 0.25) is 0 Å². The highest BCUT2D eigenvalue weighted by atomic mass is 16.5. The van der Waals surface area contributed by atoms with Gasteiger partial charge in [-0.1, -0.05) is 18.2 Å². The van der Waals surface area contributed by atoms with Crippen LogP contribution in [0.4, 0.5) is 0 Å². The van der Waals surface area contributed by atoms with Crippen molar-refractivity contribution >= 4 is 5.97 Å². The van der Waals surface area contributed by atoms with E-state index in [1.807, 2.05) is 30.3 Å². The number of aliphatic carboxylic acids is 1. The minimum Gasteiger partial charge on any atom is -0.496 e. The van der Waals surface area contributed by atoms with E-state index in [1.54, 1.807) is 18.2 Å². The zero-order valence-electron chi connectivity index (χ0n) is 10.5. The molecule has 98 valence electrons. The summed E-state index contributed by atoms with van der Waals surface area (Å²) in [5.41, 5.74) is 0.587. The number of benzene rings is 2. The number of hydrogen-bond acceptors (Lipinski definition) is 3. The minimum absolute atomic E-state index is 0.102. The highest BCUT2D eigenvalue weighted by Gasteiger charge is 2.09. The van der Waals surface area contributed by atoms with E-state index in [4.69, 9.17) is 14.6 Å². The van der Waals surface area contributed by atoms with Gasteiger partial charge < -0.3 is 14.6 Å². The van der Waals surface area contributed by atoms with Crippen molar-refractivity contribution in [3.8, 4) is 17.2 Å². The zero-order valence-corrected chi connectivity index (χ0v) is 10.5. The van der Waals surface area contributed by atoms with E-state index in [9.17, 15) is 4.79 Å². The first-order chi connectivity index (χ1) is 9.19. The van der Waals surface area contributed by atoms with Gasteiger partial charge in [0.05, 0.1) is 13.5 Å². The van der Waals surface area contributed by atoms with Gasteiger partial charge in [0.25, 0.3) is 0 Å². The van der Waals surface area contributed by atoms with Crippen LogP contribution < -0.4 is 9.47 Å². The van der Waals surface area contributed by atoms with Gasteiger partial charge in [-0.05, 0) is 30.3 Å². The molecule has 0 atom stereocenters. The normalized spacial score (nSPS) is 9.95. The molecule has 0 bridgehead atoms. The second-order valence-electron chi connectivity index (χ2n) is 3.96. The predicted molar refractivity (Wildman–Crippen MR) is 70.8 cm³/mol. The lowest BCUT2D eigenvalue weighted by atomic mass is 10.1. The van der Waals surface area contributed by atoms with E-state index in [0.29, 0.717) is 22.8 Å². The summed E-state index contributed by atoms with van der Waals surface area (Å²) in [6, 6.07) is 14.4. The Hall–Kier alpha value is -2.49. The molecule has 0 heterocycles. The lowest BCUT2D eigenvalue weighted by Gasteiger charge is -2.10. The number of hydrogen-bond donors (Lipinski definition) is 1. The summed E-state index contributed by atoms with van der Waals surface area (Å²) >= 11 is 0. The van der Waals surface area contributed by atoms with Crippen LogP contribution in [0, 0.1) is 0 Å². The van der Waals surface area contributed by atoms with E-state index in [-0.39, 0.29) is 6.42 Å². The summed E-state index contributed by atoms with van der Waals surface area (Å²) in [5.74, 6) is 0.926. The molecule has 0 unspecified atom stereocenters. The number of carbonyl (C=O) groups is 1. The maximum Gasteiger partial charge on any atom is 0.307 e. The van der Waals surface area contributed by atoms with E-state index in [0.717, 1.165) is 0 Å². The number of para-hydroxylation sites is 1. The number of methoxy groups -OCH3 is 1. The van der Waals surface area contributed by atoms with Crippen LogP contribution in [0.3, 0.4) is 0 Å². The van der Waals surface area contributed by atoms with Crippen LogP contribution in [-0.2, 0) is 11.2 Å². The van der Waals surface area contributed by atoms with Crippen LogP contribution in [0.15, 0.2) is 48.5 Å². The van der Waals surface area contributed by atoms with Gasteiger partial charge in [-0.25, -0.2) is 0 Å². The summed E-state index contributed by atoms with van der Waals surface area (Å²) in [6.45, 7) is 0. The second-order valence-corrected chi connectivity index (χ2v) is 3.96. The molecule has 2 aromatic carbocycles. The molecule has 0 aromatic heterocycles. The van der Waals surface area contributed by atoms with Gasteiger partial charge in [-0.3, -0.25) is 4.79 Å².